The smallest absolute Gasteiger partial charge is 0.307 e. The number of nitrogens with one attached hydrogen (secondary N) is 1. The van der Waals surface area contributed by atoms with Crippen LogP contribution in [-0.4, -0.2) is 29.0 Å². The number of benzene rings is 1. The van der Waals surface area contributed by atoms with E-state index in [9.17, 15) is 9.59 Å². The fourth-order valence-corrected chi connectivity index (χ4v) is 3.29. The number of aromatic nitrogens is 2. The molecule has 1 atom stereocenters. The number of ether oxygens (including phenoxy) is 1. The van der Waals surface area contributed by atoms with E-state index in [1.807, 2.05) is 49.4 Å². The van der Waals surface area contributed by atoms with Gasteiger partial charge in [-0.3, -0.25) is 14.6 Å². The summed E-state index contributed by atoms with van der Waals surface area (Å²) in [6.07, 6.45) is 1.72. The Hall–Kier alpha value is -3.06. The molecule has 6 nitrogen and oxygen atoms in total. The van der Waals surface area contributed by atoms with Gasteiger partial charge in [0.05, 0.1) is 25.3 Å². The lowest BCUT2D eigenvalue weighted by Gasteiger charge is -2.18. The molecule has 3 aromatic rings. The summed E-state index contributed by atoms with van der Waals surface area (Å²) in [7, 11) is 1.33. The van der Waals surface area contributed by atoms with E-state index in [4.69, 9.17) is 4.74 Å². The molecule has 0 bridgehead atoms. The van der Waals surface area contributed by atoms with Crippen molar-refractivity contribution in [3.8, 4) is 10.7 Å². The molecule has 0 radical (unpaired) electrons. The van der Waals surface area contributed by atoms with Gasteiger partial charge in [-0.1, -0.05) is 35.9 Å². The highest BCUT2D eigenvalue weighted by molar-refractivity contribution is 7.13. The molecule has 1 N–H and O–H groups in total. The van der Waals surface area contributed by atoms with Gasteiger partial charge in [0.2, 0.25) is 0 Å². The van der Waals surface area contributed by atoms with E-state index in [0.717, 1.165) is 11.1 Å². The molecular weight excluding hydrogens is 362 g/mol. The average Bonchev–Trinajstić information content (AvgIpc) is 3.19. The quantitative estimate of drug-likeness (QED) is 0.661. The van der Waals surface area contributed by atoms with E-state index >= 15 is 0 Å². The van der Waals surface area contributed by atoms with Crippen LogP contribution in [0.2, 0.25) is 0 Å². The van der Waals surface area contributed by atoms with Crippen molar-refractivity contribution in [2.75, 3.05) is 7.11 Å². The van der Waals surface area contributed by atoms with E-state index in [0.29, 0.717) is 16.4 Å². The molecule has 7 heteroatoms. The van der Waals surface area contributed by atoms with Crippen LogP contribution in [-0.2, 0) is 9.53 Å². The minimum Gasteiger partial charge on any atom is -0.469 e. The number of hydrogen-bond donors (Lipinski definition) is 1. The van der Waals surface area contributed by atoms with Crippen LogP contribution in [0.1, 0.15) is 34.1 Å². The Kier molecular flexibility index (Phi) is 5.93. The van der Waals surface area contributed by atoms with Crippen molar-refractivity contribution in [3.63, 3.8) is 0 Å². The monoisotopic (exact) mass is 381 g/mol. The van der Waals surface area contributed by atoms with Crippen molar-refractivity contribution >= 4 is 23.2 Å². The first-order valence-electron chi connectivity index (χ1n) is 8.38. The lowest BCUT2D eigenvalue weighted by Crippen LogP contribution is -2.30. The lowest BCUT2D eigenvalue weighted by atomic mass is 10.0. The highest BCUT2D eigenvalue weighted by Crippen LogP contribution is 2.23. The van der Waals surface area contributed by atoms with Crippen LogP contribution < -0.4 is 5.32 Å². The summed E-state index contributed by atoms with van der Waals surface area (Å²) in [5.41, 5.74) is 2.94. The second-order valence-electron chi connectivity index (χ2n) is 5.97. The summed E-state index contributed by atoms with van der Waals surface area (Å²) in [5, 5.41) is 5.23. The maximum Gasteiger partial charge on any atom is 0.307 e. The predicted molar refractivity (Wildman–Crippen MR) is 103 cm³/mol. The molecule has 0 aliphatic carbocycles. The van der Waals surface area contributed by atoms with E-state index in [-0.39, 0.29) is 12.3 Å². The Morgan fingerprint density at radius 2 is 1.96 bits per heavy atom. The minimum atomic E-state index is -0.495. The first kappa shape index (κ1) is 18.7. The van der Waals surface area contributed by atoms with Crippen LogP contribution in [0.4, 0.5) is 0 Å². The molecule has 0 spiro atoms. The van der Waals surface area contributed by atoms with Gasteiger partial charge < -0.3 is 10.1 Å². The number of methoxy groups -OCH3 is 1. The van der Waals surface area contributed by atoms with Gasteiger partial charge in [-0.15, -0.1) is 11.3 Å². The molecule has 2 heterocycles. The summed E-state index contributed by atoms with van der Waals surface area (Å²) in [6.45, 7) is 1.98. The molecule has 138 valence electrons. The normalized spacial score (nSPS) is 11.6. The summed E-state index contributed by atoms with van der Waals surface area (Å²) < 4.78 is 4.76. The van der Waals surface area contributed by atoms with Crippen molar-refractivity contribution < 1.29 is 14.3 Å². The molecule has 0 fully saturated rings. The van der Waals surface area contributed by atoms with Gasteiger partial charge in [0.1, 0.15) is 10.7 Å². The second-order valence-corrected chi connectivity index (χ2v) is 6.83. The maximum absolute atomic E-state index is 12.7. The van der Waals surface area contributed by atoms with Gasteiger partial charge in [0.25, 0.3) is 5.91 Å². The van der Waals surface area contributed by atoms with Crippen molar-refractivity contribution in [3.05, 3.63) is 70.9 Å². The van der Waals surface area contributed by atoms with Crippen molar-refractivity contribution in [1.82, 2.24) is 15.3 Å². The molecule has 1 amide bonds. The number of hydrogen-bond acceptors (Lipinski definition) is 6. The Bertz CT molecular complexity index is 923. The number of nitrogens with zero attached hydrogens (tertiary/aromatic N) is 2. The van der Waals surface area contributed by atoms with Crippen molar-refractivity contribution in [2.45, 2.75) is 19.4 Å². The van der Waals surface area contributed by atoms with Gasteiger partial charge in [0.15, 0.2) is 0 Å². The average molecular weight is 381 g/mol. The van der Waals surface area contributed by atoms with E-state index in [2.05, 4.69) is 15.3 Å². The Labute approximate surface area is 161 Å². The number of esters is 1. The fourth-order valence-electron chi connectivity index (χ4n) is 2.52. The molecule has 0 saturated heterocycles. The third-order valence-electron chi connectivity index (χ3n) is 4.00. The molecule has 0 aliphatic rings. The van der Waals surface area contributed by atoms with E-state index in [1.54, 1.807) is 11.6 Å². The number of thiazole rings is 1. The zero-order chi connectivity index (χ0) is 19.2. The SMILES string of the molecule is COC(=O)C[C@@H](NC(=O)c1csc(-c2ccccn2)n1)c1ccc(C)cc1. The Balaban J connectivity index is 1.79. The second kappa shape index (κ2) is 8.55. The predicted octanol–water partition coefficient (Wildman–Crippen LogP) is 3.55. The standard InChI is InChI=1S/C20H19N3O3S/c1-13-6-8-14(9-7-13)16(11-18(24)26-2)22-19(25)17-12-27-20(23-17)15-5-3-4-10-21-15/h3-10,12,16H,11H2,1-2H3,(H,22,25)/t16-/m1/s1. The van der Waals surface area contributed by atoms with Gasteiger partial charge in [-0.2, -0.15) is 0 Å². The Morgan fingerprint density at radius 1 is 1.19 bits per heavy atom. The number of aryl methyl sites for hydroxylation is 1. The van der Waals surface area contributed by atoms with Crippen LogP contribution >= 0.6 is 11.3 Å². The first-order valence-corrected chi connectivity index (χ1v) is 9.26. The van der Waals surface area contributed by atoms with Crippen LogP contribution in [0.15, 0.2) is 54.0 Å². The van der Waals surface area contributed by atoms with Crippen LogP contribution in [0.5, 0.6) is 0 Å². The molecule has 2 aromatic heterocycles. The first-order chi connectivity index (χ1) is 13.1. The zero-order valence-electron chi connectivity index (χ0n) is 15.0. The third kappa shape index (κ3) is 4.77. The van der Waals surface area contributed by atoms with Crippen molar-refractivity contribution in [2.24, 2.45) is 0 Å². The number of amides is 1. The molecule has 0 unspecified atom stereocenters. The molecule has 0 saturated carbocycles. The molecule has 0 aliphatic heterocycles. The summed E-state index contributed by atoms with van der Waals surface area (Å²) in [6, 6.07) is 12.7. The van der Waals surface area contributed by atoms with Crippen LogP contribution in [0, 0.1) is 6.92 Å². The molecule has 3 rings (SSSR count). The van der Waals surface area contributed by atoms with Crippen molar-refractivity contribution in [1.29, 1.82) is 0 Å². The molecular formula is C20H19N3O3S. The van der Waals surface area contributed by atoms with Gasteiger partial charge >= 0.3 is 5.97 Å². The molecule has 27 heavy (non-hydrogen) atoms. The van der Waals surface area contributed by atoms with Crippen LogP contribution in [0.25, 0.3) is 10.7 Å². The minimum absolute atomic E-state index is 0.0442. The highest BCUT2D eigenvalue weighted by atomic mass is 32.1. The van der Waals surface area contributed by atoms with Gasteiger partial charge in [-0.25, -0.2) is 4.98 Å². The lowest BCUT2D eigenvalue weighted by molar-refractivity contribution is -0.141. The zero-order valence-corrected chi connectivity index (χ0v) is 15.8. The highest BCUT2D eigenvalue weighted by Gasteiger charge is 2.21. The number of carbonyl (C=O) groups is 2. The topological polar surface area (TPSA) is 81.2 Å². The molecule has 1 aromatic carbocycles. The van der Waals surface area contributed by atoms with Gasteiger partial charge in [-0.05, 0) is 24.6 Å². The largest absolute Gasteiger partial charge is 0.469 e. The number of carbonyl (C=O) groups excluding carboxylic acids is 2. The summed E-state index contributed by atoms with van der Waals surface area (Å²) in [4.78, 5) is 33.1. The summed E-state index contributed by atoms with van der Waals surface area (Å²) >= 11 is 1.35. The Morgan fingerprint density at radius 3 is 2.63 bits per heavy atom. The van der Waals surface area contributed by atoms with Gasteiger partial charge in [0, 0.05) is 11.6 Å². The van der Waals surface area contributed by atoms with E-state index in [1.165, 1.54) is 18.4 Å². The van der Waals surface area contributed by atoms with E-state index < -0.39 is 12.0 Å². The number of rotatable bonds is 6. The summed E-state index contributed by atoms with van der Waals surface area (Å²) in [5.74, 6) is -0.740. The maximum atomic E-state index is 12.7. The fraction of sp³-hybridized carbons (Fsp3) is 0.200. The third-order valence-corrected chi connectivity index (χ3v) is 4.87. The van der Waals surface area contributed by atoms with Crippen LogP contribution in [0.3, 0.4) is 0 Å². The number of pyridine rings is 1.